The van der Waals surface area contributed by atoms with E-state index >= 15 is 0 Å². The van der Waals surface area contributed by atoms with Crippen molar-refractivity contribution in [1.82, 2.24) is 9.97 Å². The molecule has 2 heterocycles. The molecule has 0 amide bonds. The first-order valence-electron chi connectivity index (χ1n) is 2.76. The summed E-state index contributed by atoms with van der Waals surface area (Å²) < 4.78 is 4.94. The van der Waals surface area contributed by atoms with Gasteiger partial charge in [0.15, 0.2) is 11.2 Å². The molecule has 5 N–H and O–H groups in total. The number of aromatic amines is 1. The van der Waals surface area contributed by atoms with Crippen molar-refractivity contribution in [3.05, 3.63) is 6.07 Å². The molecular weight excluding hydrogens is 132 g/mol. The monoisotopic (exact) mass is 138 g/mol. The van der Waals surface area contributed by atoms with Crippen LogP contribution in [0.3, 0.4) is 0 Å². The third-order valence-electron chi connectivity index (χ3n) is 1.22. The van der Waals surface area contributed by atoms with E-state index in [0.717, 1.165) is 0 Å². The highest BCUT2D eigenvalue weighted by Crippen LogP contribution is 2.17. The van der Waals surface area contributed by atoms with Crippen molar-refractivity contribution in [2.75, 3.05) is 11.5 Å². The quantitative estimate of drug-likeness (QED) is 0.488. The summed E-state index contributed by atoms with van der Waals surface area (Å²) in [5.41, 5.74) is 11.8. The van der Waals surface area contributed by atoms with E-state index in [0.29, 0.717) is 17.0 Å². The fourth-order valence-electron chi connectivity index (χ4n) is 0.851. The first-order chi connectivity index (χ1) is 4.75. The second-order valence-electron chi connectivity index (χ2n) is 1.99. The lowest BCUT2D eigenvalue weighted by molar-refractivity contribution is 0.626. The standard InChI is InChI=1S/C5H6N4O/c6-3-1-2-4(8-3)9-5(7)10-2/h1,8H,6H2,(H2,7,9). The summed E-state index contributed by atoms with van der Waals surface area (Å²) in [7, 11) is 0. The second kappa shape index (κ2) is 1.44. The Kier molecular flexibility index (Phi) is 0.743. The highest BCUT2D eigenvalue weighted by molar-refractivity contribution is 5.75. The Morgan fingerprint density at radius 1 is 1.50 bits per heavy atom. The third kappa shape index (κ3) is 0.540. The van der Waals surface area contributed by atoms with E-state index in [1.54, 1.807) is 6.07 Å². The van der Waals surface area contributed by atoms with Gasteiger partial charge in [0.25, 0.3) is 6.01 Å². The molecule has 0 radical (unpaired) electrons. The molecule has 0 bridgehead atoms. The Labute approximate surface area is 56.0 Å². The molecule has 0 atom stereocenters. The van der Waals surface area contributed by atoms with Crippen LogP contribution in [-0.4, -0.2) is 9.97 Å². The van der Waals surface area contributed by atoms with Crippen molar-refractivity contribution in [2.24, 2.45) is 0 Å². The largest absolute Gasteiger partial charge is 0.422 e. The minimum absolute atomic E-state index is 0.154. The number of H-pyrrole nitrogens is 1. The molecule has 0 fully saturated rings. The number of hydrogen-bond acceptors (Lipinski definition) is 4. The van der Waals surface area contributed by atoms with E-state index in [4.69, 9.17) is 15.9 Å². The summed E-state index contributed by atoms with van der Waals surface area (Å²) in [6.45, 7) is 0. The highest BCUT2D eigenvalue weighted by Gasteiger charge is 2.03. The van der Waals surface area contributed by atoms with Gasteiger partial charge in [0.2, 0.25) is 0 Å². The summed E-state index contributed by atoms with van der Waals surface area (Å²) in [6, 6.07) is 1.79. The normalized spacial score (nSPS) is 10.8. The zero-order valence-corrected chi connectivity index (χ0v) is 5.09. The number of rotatable bonds is 0. The lowest BCUT2D eigenvalue weighted by Gasteiger charge is -1.78. The van der Waals surface area contributed by atoms with Crippen LogP contribution in [0.4, 0.5) is 11.8 Å². The molecule has 2 rings (SSSR count). The lowest BCUT2D eigenvalue weighted by atomic mass is 10.6. The van der Waals surface area contributed by atoms with Crippen LogP contribution in [0.15, 0.2) is 10.5 Å². The topological polar surface area (TPSA) is 93.9 Å². The van der Waals surface area contributed by atoms with Gasteiger partial charge in [-0.3, -0.25) is 0 Å². The van der Waals surface area contributed by atoms with Crippen LogP contribution >= 0.6 is 0 Å². The maximum atomic E-state index is 5.39. The van der Waals surface area contributed by atoms with Crippen molar-refractivity contribution in [3.63, 3.8) is 0 Å². The minimum Gasteiger partial charge on any atom is -0.422 e. The van der Waals surface area contributed by atoms with Crippen molar-refractivity contribution in [3.8, 4) is 0 Å². The van der Waals surface area contributed by atoms with Crippen LogP contribution in [-0.2, 0) is 0 Å². The molecule has 2 aromatic heterocycles. The van der Waals surface area contributed by atoms with Gasteiger partial charge in [-0.1, -0.05) is 0 Å². The molecule has 10 heavy (non-hydrogen) atoms. The van der Waals surface area contributed by atoms with Crippen molar-refractivity contribution < 1.29 is 4.42 Å². The Morgan fingerprint density at radius 2 is 2.30 bits per heavy atom. The van der Waals surface area contributed by atoms with Gasteiger partial charge in [-0.25, -0.2) is 0 Å². The lowest BCUT2D eigenvalue weighted by Crippen LogP contribution is -1.84. The smallest absolute Gasteiger partial charge is 0.294 e. The molecule has 0 aliphatic carbocycles. The van der Waals surface area contributed by atoms with E-state index in [1.165, 1.54) is 0 Å². The van der Waals surface area contributed by atoms with E-state index in [1.807, 2.05) is 0 Å². The average Bonchev–Trinajstić information content (AvgIpc) is 2.21. The molecule has 0 aliphatic rings. The highest BCUT2D eigenvalue weighted by atomic mass is 16.4. The molecule has 0 unspecified atom stereocenters. The fourth-order valence-corrected chi connectivity index (χ4v) is 0.851. The molecule has 52 valence electrons. The van der Waals surface area contributed by atoms with Crippen LogP contribution in [0, 0.1) is 0 Å². The molecule has 5 heteroatoms. The zero-order valence-electron chi connectivity index (χ0n) is 5.09. The molecule has 0 saturated carbocycles. The van der Waals surface area contributed by atoms with Gasteiger partial charge in [-0.05, 0) is 0 Å². The van der Waals surface area contributed by atoms with Crippen LogP contribution < -0.4 is 11.5 Å². The maximum absolute atomic E-state index is 5.39. The SMILES string of the molecule is Nc1cc2oc(N)nc2[nH]1. The van der Waals surface area contributed by atoms with Crippen LogP contribution in [0.2, 0.25) is 0 Å². The van der Waals surface area contributed by atoms with E-state index in [9.17, 15) is 0 Å². The Bertz CT molecular complexity index is 297. The Morgan fingerprint density at radius 3 is 3.00 bits per heavy atom. The van der Waals surface area contributed by atoms with Crippen molar-refractivity contribution in [1.29, 1.82) is 0 Å². The molecule has 0 saturated heterocycles. The molecule has 0 spiro atoms. The number of fused-ring (bicyclic) bond motifs is 1. The van der Waals surface area contributed by atoms with Gasteiger partial charge in [0.1, 0.15) is 5.82 Å². The molecule has 0 aromatic carbocycles. The second-order valence-corrected chi connectivity index (χ2v) is 1.99. The number of nitrogens with zero attached hydrogens (tertiary/aromatic N) is 1. The fraction of sp³-hybridized carbons (Fsp3) is 0. The van der Waals surface area contributed by atoms with E-state index in [2.05, 4.69) is 9.97 Å². The third-order valence-corrected chi connectivity index (χ3v) is 1.22. The predicted octanol–water partition coefficient (Wildman–Crippen LogP) is 0.320. The minimum atomic E-state index is 0.154. The number of aromatic nitrogens is 2. The van der Waals surface area contributed by atoms with Crippen LogP contribution in [0.1, 0.15) is 0 Å². The molecule has 2 aromatic rings. The molecule has 5 nitrogen and oxygen atoms in total. The molecular formula is C5H6N4O. The van der Waals surface area contributed by atoms with E-state index in [-0.39, 0.29) is 6.01 Å². The number of hydrogen-bond donors (Lipinski definition) is 3. The van der Waals surface area contributed by atoms with Gasteiger partial charge in [0, 0.05) is 6.07 Å². The van der Waals surface area contributed by atoms with Gasteiger partial charge >= 0.3 is 0 Å². The maximum Gasteiger partial charge on any atom is 0.294 e. The van der Waals surface area contributed by atoms with E-state index < -0.39 is 0 Å². The number of oxazole rings is 1. The zero-order chi connectivity index (χ0) is 7.14. The number of nitrogens with one attached hydrogen (secondary N) is 1. The summed E-state index contributed by atoms with van der Waals surface area (Å²) in [5, 5.41) is 0. The molecule has 0 aliphatic heterocycles. The summed E-state index contributed by atoms with van der Waals surface area (Å²) in [4.78, 5) is 6.58. The Hall–Kier alpha value is -1.65. The number of anilines is 2. The van der Waals surface area contributed by atoms with Gasteiger partial charge in [-0.15, -0.1) is 0 Å². The first-order valence-corrected chi connectivity index (χ1v) is 2.76. The first kappa shape index (κ1) is 5.16. The van der Waals surface area contributed by atoms with Crippen LogP contribution in [0.25, 0.3) is 11.2 Å². The summed E-state index contributed by atoms with van der Waals surface area (Å²) in [5.74, 6) is 0.529. The Balaban J connectivity index is 2.83. The van der Waals surface area contributed by atoms with Gasteiger partial charge < -0.3 is 20.9 Å². The van der Waals surface area contributed by atoms with Gasteiger partial charge in [-0.2, -0.15) is 4.98 Å². The van der Waals surface area contributed by atoms with Crippen molar-refractivity contribution in [2.45, 2.75) is 0 Å². The average molecular weight is 138 g/mol. The van der Waals surface area contributed by atoms with Crippen LogP contribution in [0.5, 0.6) is 0 Å². The predicted molar refractivity (Wildman–Crippen MR) is 37.2 cm³/mol. The summed E-state index contributed by atoms with van der Waals surface area (Å²) >= 11 is 0. The van der Waals surface area contributed by atoms with Gasteiger partial charge in [0.05, 0.1) is 0 Å². The summed E-state index contributed by atoms with van der Waals surface area (Å²) in [6.07, 6.45) is 0. The number of nitrogen functional groups attached to an aromatic ring is 2. The van der Waals surface area contributed by atoms with Crippen molar-refractivity contribution >= 4 is 23.1 Å². The number of nitrogens with two attached hydrogens (primary N) is 2.